The van der Waals surface area contributed by atoms with E-state index in [1.807, 2.05) is 57.6 Å². The number of nitrogens with zero attached hydrogens (tertiary/aromatic N) is 9. The van der Waals surface area contributed by atoms with Crippen LogP contribution in [0.2, 0.25) is 0 Å². The number of anilines is 2. The number of hydrogen-bond acceptors (Lipinski definition) is 9. The number of alkyl halides is 3. The van der Waals surface area contributed by atoms with E-state index in [-0.39, 0.29) is 22.5 Å². The Kier molecular flexibility index (Phi) is 9.47. The van der Waals surface area contributed by atoms with Gasteiger partial charge in [-0.2, -0.15) is 33.1 Å². The number of halogens is 3. The van der Waals surface area contributed by atoms with E-state index >= 15 is 0 Å². The van der Waals surface area contributed by atoms with Crippen molar-refractivity contribution in [1.82, 2.24) is 44.3 Å². The fraction of sp³-hybridized carbons (Fsp3) is 0.353. The van der Waals surface area contributed by atoms with Crippen molar-refractivity contribution >= 4 is 45.5 Å². The number of nitrogens with one attached hydrogen (secondary N) is 3. The third-order valence-corrected chi connectivity index (χ3v) is 8.17. The van der Waals surface area contributed by atoms with Crippen LogP contribution in [-0.2, 0) is 12.7 Å². The van der Waals surface area contributed by atoms with Gasteiger partial charge >= 0.3 is 6.18 Å². The molecule has 6 rings (SSSR count). The van der Waals surface area contributed by atoms with Crippen molar-refractivity contribution < 1.29 is 17.9 Å². The van der Waals surface area contributed by atoms with Crippen LogP contribution in [0, 0.1) is 0 Å². The zero-order valence-corrected chi connectivity index (χ0v) is 28.7. The molecule has 0 radical (unpaired) electrons. The van der Waals surface area contributed by atoms with E-state index in [0.29, 0.717) is 41.9 Å². The molecule has 0 saturated carbocycles. The van der Waals surface area contributed by atoms with Crippen LogP contribution in [0.25, 0.3) is 27.6 Å². The standard InChI is InChI=1S/C34H40F3N12O/c1-21(2)42-30-28-26(13-16-38-30)44-45-33(28)49(4,5)41-15-7-8-22(3)43-31-29-27(14-17-39-31)47(19-23-9-11-25(50-6)12-10-23)46-32(29)48-20-24(18-40-48)34(35,36)37/h9-18,20-22H,7-8,19H2,1-6H3,(H,38,42)(H,39,43)(H,44,45)/q+1. The summed E-state index contributed by atoms with van der Waals surface area (Å²) in [5, 5.41) is 29.5. The normalized spacial score (nSPS) is 13.2. The van der Waals surface area contributed by atoms with E-state index in [2.05, 4.69) is 49.7 Å². The second-order valence-electron chi connectivity index (χ2n) is 12.8. The predicted octanol–water partition coefficient (Wildman–Crippen LogP) is 6.62. The number of aromatic amines is 1. The molecule has 16 heteroatoms. The lowest BCUT2D eigenvalue weighted by Gasteiger charge is -2.21. The summed E-state index contributed by atoms with van der Waals surface area (Å²) in [7, 11) is 5.53. The van der Waals surface area contributed by atoms with E-state index in [4.69, 9.17) is 14.9 Å². The molecule has 5 aromatic heterocycles. The molecule has 0 aliphatic carbocycles. The van der Waals surface area contributed by atoms with Crippen molar-refractivity contribution in [3.05, 3.63) is 72.3 Å². The number of quaternary nitrogens is 1. The number of aromatic nitrogens is 8. The summed E-state index contributed by atoms with van der Waals surface area (Å²) in [6, 6.07) is 11.3. The summed E-state index contributed by atoms with van der Waals surface area (Å²) < 4.78 is 48.9. The van der Waals surface area contributed by atoms with Crippen molar-refractivity contribution in [2.24, 2.45) is 5.10 Å². The van der Waals surface area contributed by atoms with Crippen molar-refractivity contribution in [3.8, 4) is 11.6 Å². The summed E-state index contributed by atoms with van der Waals surface area (Å²) >= 11 is 0. The summed E-state index contributed by atoms with van der Waals surface area (Å²) in [6.45, 7) is 6.50. The molecule has 13 nitrogen and oxygen atoms in total. The van der Waals surface area contributed by atoms with E-state index in [0.717, 1.165) is 45.2 Å². The van der Waals surface area contributed by atoms with Crippen molar-refractivity contribution in [1.29, 1.82) is 0 Å². The van der Waals surface area contributed by atoms with E-state index < -0.39 is 11.7 Å². The Balaban J connectivity index is 1.23. The van der Waals surface area contributed by atoms with Crippen molar-refractivity contribution in [2.45, 2.75) is 58.4 Å². The SMILES string of the molecule is COc1ccc(Cn2nc(-n3cc(C(F)(F)F)cn3)c3c(NC(C)CCC=N[N+](C)(C)c4[nH]nc5ccnc(NC(C)C)c45)nccc32)cc1. The number of pyridine rings is 2. The molecule has 0 amide bonds. The summed E-state index contributed by atoms with van der Waals surface area (Å²) in [6.07, 6.45) is 3.80. The molecular formula is C34H40F3N12O+. The third kappa shape index (κ3) is 7.24. The van der Waals surface area contributed by atoms with Crippen LogP contribution in [0.4, 0.5) is 30.6 Å². The number of hydrogen-bond donors (Lipinski definition) is 3. The maximum absolute atomic E-state index is 13.5. The van der Waals surface area contributed by atoms with Crippen LogP contribution in [0.15, 0.2) is 66.3 Å². The molecule has 5 heterocycles. The summed E-state index contributed by atoms with van der Waals surface area (Å²) in [5.41, 5.74) is 1.56. The lowest BCUT2D eigenvalue weighted by molar-refractivity contribution is -0.137. The highest BCUT2D eigenvalue weighted by atomic mass is 19.4. The van der Waals surface area contributed by atoms with Gasteiger partial charge in [-0.05, 0) is 63.4 Å². The number of methoxy groups -OCH3 is 1. The minimum absolute atomic E-state index is 0.0738. The van der Waals surface area contributed by atoms with Gasteiger partial charge in [-0.15, -0.1) is 0 Å². The largest absolute Gasteiger partial charge is 0.497 e. The molecule has 0 aliphatic heterocycles. The first-order valence-corrected chi connectivity index (χ1v) is 16.2. The molecule has 0 fully saturated rings. The molecule has 1 atom stereocenters. The molecule has 50 heavy (non-hydrogen) atoms. The number of rotatable bonds is 13. The third-order valence-electron chi connectivity index (χ3n) is 8.17. The highest BCUT2D eigenvalue weighted by molar-refractivity contribution is 5.98. The first-order valence-electron chi connectivity index (χ1n) is 16.2. The first-order chi connectivity index (χ1) is 23.8. The predicted molar refractivity (Wildman–Crippen MR) is 189 cm³/mol. The van der Waals surface area contributed by atoms with Gasteiger partial charge in [0.15, 0.2) is 5.82 Å². The monoisotopic (exact) mass is 689 g/mol. The second-order valence-corrected chi connectivity index (χ2v) is 12.8. The Morgan fingerprint density at radius 2 is 1.72 bits per heavy atom. The number of H-pyrrole nitrogens is 1. The summed E-state index contributed by atoms with van der Waals surface area (Å²) in [5.74, 6) is 3.00. The maximum Gasteiger partial charge on any atom is 0.419 e. The number of ether oxygens (including phenoxy) is 1. The van der Waals surface area contributed by atoms with Gasteiger partial charge in [-0.1, -0.05) is 17.2 Å². The van der Waals surface area contributed by atoms with Crippen molar-refractivity contribution in [2.75, 3.05) is 31.8 Å². The van der Waals surface area contributed by atoms with Crippen LogP contribution in [0.3, 0.4) is 0 Å². The molecule has 0 saturated heterocycles. The molecule has 262 valence electrons. The molecule has 6 aromatic rings. The fourth-order valence-corrected chi connectivity index (χ4v) is 5.66. The first kappa shape index (κ1) is 34.4. The average Bonchev–Trinajstić information content (AvgIpc) is 3.82. The second kappa shape index (κ2) is 13.8. The number of benzene rings is 1. The topological polar surface area (TPSA) is 136 Å². The Morgan fingerprint density at radius 1 is 1.00 bits per heavy atom. The van der Waals surface area contributed by atoms with E-state index in [9.17, 15) is 13.2 Å². The van der Waals surface area contributed by atoms with Gasteiger partial charge in [0.1, 0.15) is 28.3 Å². The zero-order chi connectivity index (χ0) is 35.6. The van der Waals surface area contributed by atoms with Gasteiger partial charge in [0.05, 0.1) is 56.6 Å². The van der Waals surface area contributed by atoms with Gasteiger partial charge in [-0.25, -0.2) is 19.7 Å². The van der Waals surface area contributed by atoms with E-state index in [1.165, 1.54) is 0 Å². The van der Waals surface area contributed by atoms with Gasteiger partial charge in [-0.3, -0.25) is 4.68 Å². The van der Waals surface area contributed by atoms with Crippen LogP contribution in [0.1, 0.15) is 44.7 Å². The van der Waals surface area contributed by atoms with Gasteiger partial charge in [0.2, 0.25) is 0 Å². The Hall–Kier alpha value is -5.51. The van der Waals surface area contributed by atoms with Crippen molar-refractivity contribution in [3.63, 3.8) is 0 Å². The fourth-order valence-electron chi connectivity index (χ4n) is 5.66. The molecule has 1 aromatic carbocycles. The van der Waals surface area contributed by atoms with Crippen LogP contribution < -0.4 is 20.0 Å². The molecule has 0 spiro atoms. The Bertz CT molecular complexity index is 2110. The molecule has 0 aliphatic rings. The van der Waals surface area contributed by atoms with Gasteiger partial charge < -0.3 is 15.4 Å². The quantitative estimate of drug-likeness (QED) is 0.0700. The Labute approximate surface area is 286 Å². The maximum atomic E-state index is 13.5. The minimum atomic E-state index is -4.54. The van der Waals surface area contributed by atoms with Crippen LogP contribution >= 0.6 is 0 Å². The van der Waals surface area contributed by atoms with Gasteiger partial charge in [0.25, 0.3) is 5.82 Å². The van der Waals surface area contributed by atoms with Gasteiger partial charge in [0, 0.05) is 30.7 Å². The number of fused-ring (bicyclic) bond motifs is 2. The van der Waals surface area contributed by atoms with E-state index in [1.54, 1.807) is 30.3 Å². The average molecular weight is 690 g/mol. The highest BCUT2D eigenvalue weighted by Gasteiger charge is 2.33. The van der Waals surface area contributed by atoms with Crippen LogP contribution in [-0.4, -0.2) is 79.2 Å². The summed E-state index contributed by atoms with van der Waals surface area (Å²) in [4.78, 5) is 9.11. The zero-order valence-electron chi connectivity index (χ0n) is 28.7. The smallest absolute Gasteiger partial charge is 0.419 e. The Morgan fingerprint density at radius 3 is 2.40 bits per heavy atom. The minimum Gasteiger partial charge on any atom is -0.497 e. The highest BCUT2D eigenvalue weighted by Crippen LogP contribution is 2.34. The molecule has 3 N–H and O–H groups in total. The molecule has 0 bridgehead atoms. The molecular weight excluding hydrogens is 649 g/mol. The lowest BCUT2D eigenvalue weighted by Crippen LogP contribution is -2.34. The molecule has 1 unspecified atom stereocenters. The lowest BCUT2D eigenvalue weighted by atomic mass is 10.2. The van der Waals surface area contributed by atoms with Crippen LogP contribution in [0.5, 0.6) is 5.75 Å².